The molecule has 2 aromatic heterocycles. The summed E-state index contributed by atoms with van der Waals surface area (Å²) in [5, 5.41) is 10.6. The zero-order valence-corrected chi connectivity index (χ0v) is 14.3. The van der Waals surface area contributed by atoms with E-state index in [2.05, 4.69) is 9.97 Å². The Labute approximate surface area is 153 Å². The van der Waals surface area contributed by atoms with Gasteiger partial charge in [-0.15, -0.1) is 0 Å². The lowest BCUT2D eigenvalue weighted by atomic mass is 10.1. The quantitative estimate of drug-likeness (QED) is 0.488. The van der Waals surface area contributed by atoms with Gasteiger partial charge in [-0.3, -0.25) is 0 Å². The van der Waals surface area contributed by atoms with Crippen molar-refractivity contribution in [3.05, 3.63) is 60.7 Å². The number of hydrogen-bond donors (Lipinski definition) is 1. The monoisotopic (exact) mass is 358 g/mol. The number of rotatable bonds is 3. The number of aromatic hydroxyl groups is 1. The van der Waals surface area contributed by atoms with E-state index in [0.717, 1.165) is 5.52 Å². The molecular formula is C21H14N2O4. The summed E-state index contributed by atoms with van der Waals surface area (Å²) < 4.78 is 17.1. The molecule has 0 spiro atoms. The van der Waals surface area contributed by atoms with Crippen LogP contribution in [0, 0.1) is 0 Å². The molecule has 0 radical (unpaired) electrons. The van der Waals surface area contributed by atoms with Crippen molar-refractivity contribution in [1.82, 2.24) is 9.97 Å². The first kappa shape index (κ1) is 15.5. The summed E-state index contributed by atoms with van der Waals surface area (Å²) in [6, 6.07) is 18.1. The lowest BCUT2D eigenvalue weighted by molar-refractivity contribution is 0.412. The summed E-state index contributed by atoms with van der Waals surface area (Å²) in [7, 11) is 1.55. The molecule has 0 bridgehead atoms. The van der Waals surface area contributed by atoms with Crippen LogP contribution in [-0.4, -0.2) is 22.2 Å². The van der Waals surface area contributed by atoms with E-state index >= 15 is 0 Å². The normalized spacial score (nSPS) is 11.3. The van der Waals surface area contributed by atoms with Gasteiger partial charge in [0.05, 0.1) is 18.2 Å². The van der Waals surface area contributed by atoms with Crippen molar-refractivity contribution in [3.63, 3.8) is 0 Å². The standard InChI is InChI=1S/C21H14N2O4/c1-25-19-11-12(20-22-14-6-2-4-8-17(14)26-20)16(24)10-13(19)21-23-15-7-3-5-9-18(15)27-21/h2-11,24H,1H3. The Morgan fingerprint density at radius 1 is 0.778 bits per heavy atom. The Bertz CT molecular complexity index is 1220. The maximum Gasteiger partial charge on any atom is 0.231 e. The Morgan fingerprint density at radius 3 is 1.89 bits per heavy atom. The molecule has 0 aliphatic carbocycles. The zero-order valence-electron chi connectivity index (χ0n) is 14.3. The van der Waals surface area contributed by atoms with Crippen LogP contribution in [0.3, 0.4) is 0 Å². The van der Waals surface area contributed by atoms with Crippen LogP contribution >= 0.6 is 0 Å². The zero-order chi connectivity index (χ0) is 18.4. The average Bonchev–Trinajstić information content (AvgIpc) is 3.31. The summed E-state index contributed by atoms with van der Waals surface area (Å²) >= 11 is 0. The highest BCUT2D eigenvalue weighted by Gasteiger charge is 2.20. The predicted molar refractivity (Wildman–Crippen MR) is 101 cm³/mol. The van der Waals surface area contributed by atoms with Crippen molar-refractivity contribution >= 4 is 22.2 Å². The number of phenolic OH excluding ortho intramolecular Hbond substituents is 1. The molecule has 0 saturated heterocycles. The smallest absolute Gasteiger partial charge is 0.231 e. The van der Waals surface area contributed by atoms with Gasteiger partial charge >= 0.3 is 0 Å². The van der Waals surface area contributed by atoms with E-state index in [1.54, 1.807) is 19.2 Å². The van der Waals surface area contributed by atoms with E-state index in [4.69, 9.17) is 13.6 Å². The minimum absolute atomic E-state index is 0.000359. The van der Waals surface area contributed by atoms with Gasteiger partial charge in [-0.25, -0.2) is 9.97 Å². The van der Waals surface area contributed by atoms with Crippen LogP contribution in [0.4, 0.5) is 0 Å². The molecule has 1 N–H and O–H groups in total. The topological polar surface area (TPSA) is 81.5 Å². The van der Waals surface area contributed by atoms with Gasteiger partial charge in [-0.05, 0) is 36.4 Å². The Balaban J connectivity index is 1.67. The number of nitrogens with zero attached hydrogens (tertiary/aromatic N) is 2. The molecule has 0 aliphatic rings. The molecule has 132 valence electrons. The summed E-state index contributed by atoms with van der Waals surface area (Å²) in [6.07, 6.45) is 0. The Kier molecular flexibility index (Phi) is 3.36. The van der Waals surface area contributed by atoms with Crippen LogP contribution in [0.15, 0.2) is 69.5 Å². The van der Waals surface area contributed by atoms with Crippen LogP contribution in [0.5, 0.6) is 11.5 Å². The number of ether oxygens (including phenoxy) is 1. The minimum atomic E-state index is -0.000359. The molecule has 27 heavy (non-hydrogen) atoms. The fourth-order valence-corrected chi connectivity index (χ4v) is 3.05. The minimum Gasteiger partial charge on any atom is -0.507 e. The third-order valence-electron chi connectivity index (χ3n) is 4.37. The van der Waals surface area contributed by atoms with Crippen molar-refractivity contribution in [1.29, 1.82) is 0 Å². The van der Waals surface area contributed by atoms with Crippen LogP contribution in [0.25, 0.3) is 45.1 Å². The number of methoxy groups -OCH3 is 1. The third kappa shape index (κ3) is 2.50. The molecule has 6 heteroatoms. The van der Waals surface area contributed by atoms with Crippen molar-refractivity contribution < 1.29 is 18.7 Å². The first-order valence-corrected chi connectivity index (χ1v) is 8.36. The van der Waals surface area contributed by atoms with E-state index in [9.17, 15) is 5.11 Å². The number of aromatic nitrogens is 2. The molecule has 0 unspecified atom stereocenters. The van der Waals surface area contributed by atoms with Gasteiger partial charge in [0.25, 0.3) is 0 Å². The fraction of sp³-hybridized carbons (Fsp3) is 0.0476. The molecule has 3 aromatic carbocycles. The summed E-state index contributed by atoms with van der Waals surface area (Å²) in [4.78, 5) is 8.91. The Hall–Kier alpha value is -3.80. The number of fused-ring (bicyclic) bond motifs is 2. The molecule has 0 saturated carbocycles. The van der Waals surface area contributed by atoms with Crippen molar-refractivity contribution in [3.8, 4) is 34.4 Å². The number of hydrogen-bond acceptors (Lipinski definition) is 6. The summed E-state index contributed by atoms with van der Waals surface area (Å²) in [6.45, 7) is 0. The van der Waals surface area contributed by atoms with Crippen molar-refractivity contribution in [2.45, 2.75) is 0 Å². The second kappa shape index (κ2) is 5.88. The van der Waals surface area contributed by atoms with Gasteiger partial charge in [0.15, 0.2) is 11.2 Å². The largest absolute Gasteiger partial charge is 0.507 e. The van der Waals surface area contributed by atoms with Gasteiger partial charge in [0.1, 0.15) is 22.5 Å². The molecule has 0 atom stereocenters. The lowest BCUT2D eigenvalue weighted by Gasteiger charge is -2.09. The highest BCUT2D eigenvalue weighted by Crippen LogP contribution is 2.41. The number of benzene rings is 3. The second-order valence-corrected chi connectivity index (χ2v) is 6.04. The molecule has 6 nitrogen and oxygen atoms in total. The first-order chi connectivity index (χ1) is 13.2. The van der Waals surface area contributed by atoms with Crippen LogP contribution in [0.1, 0.15) is 0 Å². The highest BCUT2D eigenvalue weighted by molar-refractivity contribution is 5.82. The van der Waals surface area contributed by atoms with E-state index < -0.39 is 0 Å². The van der Waals surface area contributed by atoms with Crippen LogP contribution < -0.4 is 4.74 Å². The number of oxazole rings is 2. The molecule has 0 fully saturated rings. The number of para-hydroxylation sites is 4. The summed E-state index contributed by atoms with van der Waals surface area (Å²) in [5.41, 5.74) is 3.74. The van der Waals surface area contributed by atoms with Gasteiger partial charge < -0.3 is 18.7 Å². The molecule has 5 aromatic rings. The average molecular weight is 358 g/mol. The van der Waals surface area contributed by atoms with Gasteiger partial charge in [0, 0.05) is 0 Å². The molecule has 0 amide bonds. The predicted octanol–water partition coefficient (Wildman–Crippen LogP) is 5.02. The number of phenols is 1. The van der Waals surface area contributed by atoms with Crippen LogP contribution in [0.2, 0.25) is 0 Å². The van der Waals surface area contributed by atoms with E-state index in [1.807, 2.05) is 48.5 Å². The maximum absolute atomic E-state index is 10.6. The van der Waals surface area contributed by atoms with Crippen LogP contribution in [-0.2, 0) is 0 Å². The van der Waals surface area contributed by atoms with Gasteiger partial charge in [-0.2, -0.15) is 0 Å². The molecule has 5 rings (SSSR count). The molecule has 2 heterocycles. The van der Waals surface area contributed by atoms with Crippen molar-refractivity contribution in [2.24, 2.45) is 0 Å². The molecule has 0 aliphatic heterocycles. The summed E-state index contributed by atoms with van der Waals surface area (Å²) in [5.74, 6) is 1.18. The Morgan fingerprint density at radius 2 is 1.33 bits per heavy atom. The van der Waals surface area contributed by atoms with Gasteiger partial charge in [0.2, 0.25) is 11.8 Å². The SMILES string of the molecule is COc1cc(-c2nc3ccccc3o2)c(O)cc1-c1nc2ccccc2o1. The van der Waals surface area contributed by atoms with E-state index in [0.29, 0.717) is 45.3 Å². The first-order valence-electron chi connectivity index (χ1n) is 8.36. The maximum atomic E-state index is 10.6. The van der Waals surface area contributed by atoms with Crippen molar-refractivity contribution in [2.75, 3.05) is 7.11 Å². The fourth-order valence-electron chi connectivity index (χ4n) is 3.05. The highest BCUT2D eigenvalue weighted by atomic mass is 16.5. The van der Waals surface area contributed by atoms with E-state index in [-0.39, 0.29) is 5.75 Å². The second-order valence-electron chi connectivity index (χ2n) is 6.04. The molecular weight excluding hydrogens is 344 g/mol. The lowest BCUT2D eigenvalue weighted by Crippen LogP contribution is -1.90. The third-order valence-corrected chi connectivity index (χ3v) is 4.37. The van der Waals surface area contributed by atoms with Gasteiger partial charge in [-0.1, -0.05) is 24.3 Å². The van der Waals surface area contributed by atoms with E-state index in [1.165, 1.54) is 0 Å².